The highest BCUT2D eigenvalue weighted by Crippen LogP contribution is 2.55. The van der Waals surface area contributed by atoms with Crippen LogP contribution >= 0.6 is 0 Å². The zero-order valence-corrected chi connectivity index (χ0v) is 17.1. The Bertz CT molecular complexity index is 742. The maximum absolute atomic E-state index is 13.4. The van der Waals surface area contributed by atoms with Crippen molar-refractivity contribution in [3.05, 3.63) is 46.9 Å². The monoisotopic (exact) mass is 356 g/mol. The molecule has 1 atom stereocenters. The van der Waals surface area contributed by atoms with Gasteiger partial charge in [0.15, 0.2) is 11.4 Å². The quantitative estimate of drug-likeness (QED) is 0.766. The summed E-state index contributed by atoms with van der Waals surface area (Å²) in [5, 5.41) is 0. The van der Waals surface area contributed by atoms with E-state index in [2.05, 4.69) is 0 Å². The molecule has 5 heteroatoms. The Morgan fingerprint density at radius 3 is 1.88 bits per heavy atom. The Labute approximate surface area is 157 Å². The van der Waals surface area contributed by atoms with Crippen LogP contribution in [0.4, 0.5) is 0 Å². The molecular formula is C21H29BO4. The highest BCUT2D eigenvalue weighted by Gasteiger charge is 2.66. The third-order valence-electron chi connectivity index (χ3n) is 5.92. The molecule has 0 radical (unpaired) electrons. The molecule has 140 valence electrons. The van der Waals surface area contributed by atoms with Crippen molar-refractivity contribution in [2.75, 3.05) is 7.11 Å². The second kappa shape index (κ2) is 5.78. The fraction of sp³-hybridized carbons (Fsp3) is 0.571. The Hall–Kier alpha value is -1.43. The summed E-state index contributed by atoms with van der Waals surface area (Å²) in [4.78, 5) is 13.4. The molecule has 1 aliphatic heterocycles. The molecule has 1 unspecified atom stereocenters. The summed E-state index contributed by atoms with van der Waals surface area (Å²) in [6, 6.07) is 9.61. The average molecular weight is 356 g/mol. The van der Waals surface area contributed by atoms with Gasteiger partial charge in [0.05, 0.1) is 11.2 Å². The van der Waals surface area contributed by atoms with Crippen LogP contribution in [0.2, 0.25) is 0 Å². The van der Waals surface area contributed by atoms with Gasteiger partial charge in [0, 0.05) is 18.2 Å². The molecule has 1 fully saturated rings. The van der Waals surface area contributed by atoms with Crippen LogP contribution < -0.4 is 0 Å². The summed E-state index contributed by atoms with van der Waals surface area (Å²) in [7, 11) is 0.961. The van der Waals surface area contributed by atoms with E-state index in [1.165, 1.54) is 0 Å². The molecule has 0 aromatic heterocycles. The van der Waals surface area contributed by atoms with Crippen molar-refractivity contribution in [3.63, 3.8) is 0 Å². The number of ether oxygens (including phenoxy) is 1. The van der Waals surface area contributed by atoms with Crippen LogP contribution in [0.3, 0.4) is 0 Å². The Balaban J connectivity index is 2.20. The number of hydrogen-bond acceptors (Lipinski definition) is 4. The predicted octanol–water partition coefficient (Wildman–Crippen LogP) is 4.09. The highest BCUT2D eigenvalue weighted by molar-refractivity contribution is 6.59. The number of carbonyl (C=O) groups excluding carboxylic acids is 1. The number of benzene rings is 1. The molecule has 1 saturated heterocycles. The number of methoxy groups -OCH3 is 1. The van der Waals surface area contributed by atoms with E-state index in [0.29, 0.717) is 0 Å². The summed E-state index contributed by atoms with van der Waals surface area (Å²) >= 11 is 0. The van der Waals surface area contributed by atoms with Crippen LogP contribution in [0.25, 0.3) is 0 Å². The minimum Gasteiger partial charge on any atom is -0.399 e. The predicted molar refractivity (Wildman–Crippen MR) is 103 cm³/mol. The molecule has 0 amide bonds. The van der Waals surface area contributed by atoms with Gasteiger partial charge in [-0.05, 0) is 38.7 Å². The topological polar surface area (TPSA) is 44.8 Å². The van der Waals surface area contributed by atoms with Gasteiger partial charge in [-0.25, -0.2) is 0 Å². The lowest BCUT2D eigenvalue weighted by Crippen LogP contribution is -2.57. The SMILES string of the molecule is COC1(c2ccccc2)C(=O)C(C(C)(C)C)=C1B1OC(C)(C)C(C)(C)O1. The summed E-state index contributed by atoms with van der Waals surface area (Å²) in [5.74, 6) is -0.0107. The number of ketones is 1. The standard InChI is InChI=1S/C21H29BO4/c1-18(2,3)15-16(22-25-19(4,5)20(6,7)26-22)21(24-8,17(15)23)14-12-10-9-11-13-14/h9-13H,1-8H3. The fourth-order valence-corrected chi connectivity index (χ4v) is 3.80. The molecule has 0 bridgehead atoms. The smallest absolute Gasteiger partial charge is 0.399 e. The van der Waals surface area contributed by atoms with Crippen LogP contribution in [0.15, 0.2) is 41.4 Å². The normalized spacial score (nSPS) is 27.7. The van der Waals surface area contributed by atoms with Crippen molar-refractivity contribution < 1.29 is 18.8 Å². The van der Waals surface area contributed by atoms with Crippen molar-refractivity contribution in [2.24, 2.45) is 5.41 Å². The van der Waals surface area contributed by atoms with E-state index in [-0.39, 0.29) is 11.2 Å². The van der Waals surface area contributed by atoms with Crippen molar-refractivity contribution in [2.45, 2.75) is 65.3 Å². The van der Waals surface area contributed by atoms with E-state index < -0.39 is 23.9 Å². The minimum absolute atomic E-state index is 0.0107. The van der Waals surface area contributed by atoms with Gasteiger partial charge in [0.2, 0.25) is 0 Å². The molecule has 1 aromatic carbocycles. The summed E-state index contributed by atoms with van der Waals surface area (Å²) in [6.45, 7) is 14.2. The third kappa shape index (κ3) is 2.52. The zero-order valence-electron chi connectivity index (χ0n) is 17.1. The number of rotatable bonds is 3. The molecule has 1 heterocycles. The molecule has 2 aliphatic rings. The largest absolute Gasteiger partial charge is 0.494 e. The van der Waals surface area contributed by atoms with Crippen molar-refractivity contribution in [3.8, 4) is 0 Å². The van der Waals surface area contributed by atoms with Gasteiger partial charge < -0.3 is 14.0 Å². The Kier molecular flexibility index (Phi) is 4.30. The summed E-state index contributed by atoms with van der Waals surface area (Å²) in [6.07, 6.45) is 0. The van der Waals surface area contributed by atoms with Crippen LogP contribution in [0.1, 0.15) is 54.0 Å². The lowest BCUT2D eigenvalue weighted by Gasteiger charge is -2.48. The Morgan fingerprint density at radius 2 is 1.46 bits per heavy atom. The van der Waals surface area contributed by atoms with E-state index in [4.69, 9.17) is 14.0 Å². The van der Waals surface area contributed by atoms with E-state index >= 15 is 0 Å². The van der Waals surface area contributed by atoms with Gasteiger partial charge in [0.25, 0.3) is 0 Å². The van der Waals surface area contributed by atoms with Crippen LogP contribution in [0, 0.1) is 5.41 Å². The first-order valence-corrected chi connectivity index (χ1v) is 9.15. The molecule has 26 heavy (non-hydrogen) atoms. The second-order valence-corrected chi connectivity index (χ2v) is 9.21. The van der Waals surface area contributed by atoms with E-state index in [9.17, 15) is 4.79 Å². The average Bonchev–Trinajstić information content (AvgIpc) is 2.73. The maximum atomic E-state index is 13.4. The molecule has 0 N–H and O–H groups in total. The molecular weight excluding hydrogens is 327 g/mol. The van der Waals surface area contributed by atoms with Crippen molar-refractivity contribution in [1.82, 2.24) is 0 Å². The van der Waals surface area contributed by atoms with Gasteiger partial charge in [0.1, 0.15) is 0 Å². The van der Waals surface area contributed by atoms with Crippen LogP contribution in [-0.4, -0.2) is 31.2 Å². The molecule has 3 rings (SSSR count). The van der Waals surface area contributed by atoms with Gasteiger partial charge in [-0.3, -0.25) is 4.79 Å². The first kappa shape index (κ1) is 19.3. The minimum atomic E-state index is -1.15. The highest BCUT2D eigenvalue weighted by atomic mass is 16.7. The third-order valence-corrected chi connectivity index (χ3v) is 5.92. The molecule has 1 aromatic rings. The van der Waals surface area contributed by atoms with Crippen molar-refractivity contribution in [1.29, 1.82) is 0 Å². The van der Waals surface area contributed by atoms with E-state index in [1.807, 2.05) is 78.8 Å². The molecule has 4 nitrogen and oxygen atoms in total. The number of hydrogen-bond donors (Lipinski definition) is 0. The lowest BCUT2D eigenvalue weighted by molar-refractivity contribution is -0.139. The van der Waals surface area contributed by atoms with Gasteiger partial charge >= 0.3 is 7.12 Å². The van der Waals surface area contributed by atoms with Gasteiger partial charge in [-0.15, -0.1) is 0 Å². The van der Waals surface area contributed by atoms with Gasteiger partial charge in [-0.2, -0.15) is 0 Å². The number of carbonyl (C=O) groups is 1. The summed E-state index contributed by atoms with van der Waals surface area (Å²) < 4.78 is 18.5. The fourth-order valence-electron chi connectivity index (χ4n) is 3.80. The zero-order chi connectivity index (χ0) is 19.5. The first-order chi connectivity index (χ1) is 11.9. The van der Waals surface area contributed by atoms with Gasteiger partial charge in [-0.1, -0.05) is 51.1 Å². The molecule has 0 spiro atoms. The van der Waals surface area contributed by atoms with Crippen LogP contribution in [-0.2, 0) is 24.4 Å². The Morgan fingerprint density at radius 1 is 0.962 bits per heavy atom. The molecule has 1 aliphatic carbocycles. The lowest BCUT2D eigenvalue weighted by atomic mass is 9.50. The van der Waals surface area contributed by atoms with E-state index in [0.717, 1.165) is 16.6 Å². The van der Waals surface area contributed by atoms with Crippen molar-refractivity contribution >= 4 is 12.9 Å². The second-order valence-electron chi connectivity index (χ2n) is 9.21. The molecule has 0 saturated carbocycles. The maximum Gasteiger partial charge on any atom is 0.494 e. The summed E-state index contributed by atoms with van der Waals surface area (Å²) in [5.41, 5.74) is -0.0998. The number of Topliss-reactive ketones (excluding diaryl/α,β-unsaturated/α-hetero) is 1. The van der Waals surface area contributed by atoms with Crippen LogP contribution in [0.5, 0.6) is 0 Å². The van der Waals surface area contributed by atoms with E-state index in [1.54, 1.807) is 7.11 Å². The first-order valence-electron chi connectivity index (χ1n) is 9.15.